The number of rotatable bonds is 1. The van der Waals surface area contributed by atoms with Gasteiger partial charge in [-0.3, -0.25) is 0 Å². The Morgan fingerprint density at radius 3 is 2.79 bits per heavy atom. The topological polar surface area (TPSA) is 40.5 Å². The highest BCUT2D eigenvalue weighted by Crippen LogP contribution is 2.26. The largest absolute Gasteiger partial charge is 0.489 e. The van der Waals surface area contributed by atoms with Crippen LogP contribution >= 0.6 is 24.0 Å². The van der Waals surface area contributed by atoms with Crippen molar-refractivity contribution < 1.29 is 10.0 Å². The molecular formula is C9H9BO2S2. The fraction of sp³-hybridized carbons (Fsp3) is 0.111. The predicted octanol–water partition coefficient (Wildman–Crippen LogP) is 1.18. The van der Waals surface area contributed by atoms with Crippen LogP contribution in [0.3, 0.4) is 0 Å². The van der Waals surface area contributed by atoms with Crippen LogP contribution in [0.4, 0.5) is 0 Å². The van der Waals surface area contributed by atoms with Gasteiger partial charge in [-0.1, -0.05) is 0 Å². The summed E-state index contributed by atoms with van der Waals surface area (Å²) in [5.74, 6) is 0. The van der Waals surface area contributed by atoms with Gasteiger partial charge in [0.05, 0.1) is 0 Å². The average molecular weight is 224 g/mol. The van der Waals surface area contributed by atoms with Crippen molar-refractivity contribution in [1.82, 2.24) is 0 Å². The summed E-state index contributed by atoms with van der Waals surface area (Å²) in [6.45, 7) is 1.93. The molecule has 0 radical (unpaired) electrons. The van der Waals surface area contributed by atoms with Gasteiger partial charge in [-0.25, -0.2) is 0 Å². The maximum absolute atomic E-state index is 9.14. The molecule has 14 heavy (non-hydrogen) atoms. The van der Waals surface area contributed by atoms with Crippen molar-refractivity contribution in [2.45, 2.75) is 11.8 Å². The normalized spacial score (nSPS) is 10.9. The maximum Gasteiger partial charge on any atom is 0.489 e. The highest BCUT2D eigenvalue weighted by molar-refractivity contribution is 7.80. The average Bonchev–Trinajstić information content (AvgIpc) is 2.58. The lowest BCUT2D eigenvalue weighted by molar-refractivity contribution is 0.425. The van der Waals surface area contributed by atoms with Crippen molar-refractivity contribution in [3.05, 3.63) is 23.1 Å². The third-order valence-corrected chi connectivity index (χ3v) is 3.75. The van der Waals surface area contributed by atoms with Gasteiger partial charge in [-0.05, 0) is 40.8 Å². The SMILES string of the molecule is Cc1c(S)c(B(O)O)cc2sccc12. The minimum atomic E-state index is -1.45. The van der Waals surface area contributed by atoms with E-state index in [4.69, 9.17) is 10.0 Å². The Labute approximate surface area is 91.8 Å². The van der Waals surface area contributed by atoms with E-state index in [-0.39, 0.29) is 0 Å². The smallest absolute Gasteiger partial charge is 0.423 e. The number of aryl methyl sites for hydroxylation is 1. The van der Waals surface area contributed by atoms with E-state index in [1.807, 2.05) is 18.4 Å². The molecule has 0 saturated carbocycles. The molecule has 0 spiro atoms. The van der Waals surface area contributed by atoms with E-state index in [0.717, 1.165) is 15.6 Å². The zero-order valence-corrected chi connectivity index (χ0v) is 9.27. The summed E-state index contributed by atoms with van der Waals surface area (Å²) >= 11 is 5.87. The molecule has 2 nitrogen and oxygen atoms in total. The minimum absolute atomic E-state index is 0.473. The van der Waals surface area contributed by atoms with Gasteiger partial charge >= 0.3 is 7.12 Å². The molecule has 0 aliphatic heterocycles. The monoisotopic (exact) mass is 224 g/mol. The summed E-state index contributed by atoms with van der Waals surface area (Å²) in [5.41, 5.74) is 1.47. The van der Waals surface area contributed by atoms with Crippen LogP contribution in [0.15, 0.2) is 22.4 Å². The predicted molar refractivity (Wildman–Crippen MR) is 63.6 cm³/mol. The maximum atomic E-state index is 9.14. The molecule has 0 fully saturated rings. The molecule has 0 unspecified atom stereocenters. The van der Waals surface area contributed by atoms with E-state index in [1.54, 1.807) is 17.4 Å². The van der Waals surface area contributed by atoms with Crippen molar-refractivity contribution in [2.24, 2.45) is 0 Å². The first kappa shape index (κ1) is 10.0. The molecule has 2 rings (SSSR count). The third-order valence-electron chi connectivity index (χ3n) is 2.29. The first-order valence-corrected chi connectivity index (χ1v) is 5.49. The number of thiophene rings is 1. The number of benzene rings is 1. The Kier molecular flexibility index (Phi) is 2.57. The number of hydrogen-bond acceptors (Lipinski definition) is 4. The van der Waals surface area contributed by atoms with Crippen LogP contribution in [0.2, 0.25) is 0 Å². The standard InChI is InChI=1S/C9H9BO2S2/c1-5-6-2-3-14-8(6)4-7(9(5)13)10(11)12/h2-4,11-13H,1H3. The Hall–Kier alpha value is -0.485. The molecule has 0 bridgehead atoms. The zero-order valence-electron chi connectivity index (χ0n) is 7.56. The van der Waals surface area contributed by atoms with E-state index in [1.165, 1.54) is 0 Å². The molecule has 5 heteroatoms. The summed E-state index contributed by atoms with van der Waals surface area (Å²) in [6.07, 6.45) is 0. The number of thiol groups is 1. The molecule has 1 aromatic carbocycles. The Morgan fingerprint density at radius 1 is 1.43 bits per heavy atom. The van der Waals surface area contributed by atoms with Crippen LogP contribution in [0, 0.1) is 6.92 Å². The highest BCUT2D eigenvalue weighted by Gasteiger charge is 2.17. The summed E-state index contributed by atoms with van der Waals surface area (Å²) in [5, 5.41) is 21.4. The van der Waals surface area contributed by atoms with Crippen molar-refractivity contribution >= 4 is 46.6 Å². The van der Waals surface area contributed by atoms with E-state index >= 15 is 0 Å². The lowest BCUT2D eigenvalue weighted by atomic mass is 9.79. The van der Waals surface area contributed by atoms with E-state index in [0.29, 0.717) is 10.4 Å². The Bertz CT molecular complexity index is 479. The lowest BCUT2D eigenvalue weighted by Gasteiger charge is -2.08. The molecule has 1 aromatic heterocycles. The van der Waals surface area contributed by atoms with Crippen LogP contribution < -0.4 is 5.46 Å². The van der Waals surface area contributed by atoms with Crippen molar-refractivity contribution in [2.75, 3.05) is 0 Å². The van der Waals surface area contributed by atoms with Crippen LogP contribution in [0.5, 0.6) is 0 Å². The second-order valence-electron chi connectivity index (χ2n) is 3.15. The summed E-state index contributed by atoms with van der Waals surface area (Å²) in [7, 11) is -1.45. The van der Waals surface area contributed by atoms with Crippen molar-refractivity contribution in [3.63, 3.8) is 0 Å². The molecule has 0 amide bonds. The van der Waals surface area contributed by atoms with Gasteiger partial charge in [-0.15, -0.1) is 24.0 Å². The molecule has 72 valence electrons. The molecule has 0 saturated heterocycles. The molecular weight excluding hydrogens is 215 g/mol. The molecule has 2 aromatic rings. The van der Waals surface area contributed by atoms with Gasteiger partial charge in [0.25, 0.3) is 0 Å². The van der Waals surface area contributed by atoms with E-state index < -0.39 is 7.12 Å². The third kappa shape index (κ3) is 1.46. The number of fused-ring (bicyclic) bond motifs is 1. The minimum Gasteiger partial charge on any atom is -0.423 e. The lowest BCUT2D eigenvalue weighted by Crippen LogP contribution is -2.31. The van der Waals surface area contributed by atoms with Crippen molar-refractivity contribution in [3.8, 4) is 0 Å². The van der Waals surface area contributed by atoms with Crippen LogP contribution in [0.1, 0.15) is 5.56 Å². The molecule has 2 N–H and O–H groups in total. The van der Waals surface area contributed by atoms with Crippen molar-refractivity contribution in [1.29, 1.82) is 0 Å². The quantitative estimate of drug-likeness (QED) is 0.502. The van der Waals surface area contributed by atoms with Crippen LogP contribution in [0.25, 0.3) is 10.1 Å². The van der Waals surface area contributed by atoms with Gasteiger partial charge in [0.1, 0.15) is 0 Å². The Morgan fingerprint density at radius 2 is 2.14 bits per heavy atom. The van der Waals surface area contributed by atoms with Crippen LogP contribution in [-0.4, -0.2) is 17.2 Å². The molecule has 0 aliphatic carbocycles. The van der Waals surface area contributed by atoms with Crippen LogP contribution in [-0.2, 0) is 0 Å². The molecule has 1 heterocycles. The highest BCUT2D eigenvalue weighted by atomic mass is 32.1. The number of hydrogen-bond donors (Lipinski definition) is 3. The summed E-state index contributed by atoms with van der Waals surface area (Å²) in [4.78, 5) is 0.658. The van der Waals surface area contributed by atoms with Gasteiger partial charge in [0, 0.05) is 9.60 Å². The van der Waals surface area contributed by atoms with Gasteiger partial charge in [0.15, 0.2) is 0 Å². The first-order chi connectivity index (χ1) is 6.61. The van der Waals surface area contributed by atoms with Gasteiger partial charge < -0.3 is 10.0 Å². The van der Waals surface area contributed by atoms with Gasteiger partial charge in [-0.2, -0.15) is 0 Å². The van der Waals surface area contributed by atoms with Gasteiger partial charge in [0.2, 0.25) is 0 Å². The fourth-order valence-corrected chi connectivity index (χ4v) is 2.69. The zero-order chi connectivity index (χ0) is 10.3. The summed E-state index contributed by atoms with van der Waals surface area (Å²) < 4.78 is 1.06. The molecule has 0 aliphatic rings. The second kappa shape index (κ2) is 3.58. The molecule has 0 atom stereocenters. The fourth-order valence-electron chi connectivity index (χ4n) is 1.49. The van der Waals surface area contributed by atoms with E-state index in [2.05, 4.69) is 12.6 Å². The Balaban J connectivity index is 2.80. The summed E-state index contributed by atoms with van der Waals surface area (Å²) in [6, 6.07) is 3.79. The van der Waals surface area contributed by atoms with E-state index in [9.17, 15) is 0 Å². The second-order valence-corrected chi connectivity index (χ2v) is 4.54. The first-order valence-electron chi connectivity index (χ1n) is 4.17.